The minimum Gasteiger partial charge on any atom is -0.497 e. The van der Waals surface area contributed by atoms with E-state index in [4.69, 9.17) is 19.7 Å². The summed E-state index contributed by atoms with van der Waals surface area (Å²) < 4.78 is 12.9. The quantitative estimate of drug-likeness (QED) is 0.590. The predicted octanol–water partition coefficient (Wildman–Crippen LogP) is 3.14. The summed E-state index contributed by atoms with van der Waals surface area (Å²) in [5, 5.41) is 11.7. The summed E-state index contributed by atoms with van der Waals surface area (Å²) in [4.78, 5) is 2.31. The van der Waals surface area contributed by atoms with Gasteiger partial charge in [-0.05, 0) is 37.4 Å². The van der Waals surface area contributed by atoms with Gasteiger partial charge in [-0.25, -0.2) is 4.68 Å². The Morgan fingerprint density at radius 2 is 1.73 bits per heavy atom. The van der Waals surface area contributed by atoms with E-state index in [1.807, 2.05) is 65.6 Å². The van der Waals surface area contributed by atoms with Crippen LogP contribution < -0.4 is 9.47 Å². The van der Waals surface area contributed by atoms with Gasteiger partial charge in [0.15, 0.2) is 0 Å². The Morgan fingerprint density at radius 3 is 2.43 bits per heavy atom. The van der Waals surface area contributed by atoms with Crippen molar-refractivity contribution in [1.29, 1.82) is 0 Å². The standard InChI is InChI=1S/C23H27N5O2/c1-26-11-13-27(14-12-26)24-16-18-17-28(19-7-5-4-6-8-19)25-23(18)21-15-20(29-2)9-10-22(21)30-3/h4-10,15-17H,11-14H2,1-3H3/b24-16-. The van der Waals surface area contributed by atoms with Crippen molar-refractivity contribution in [3.8, 4) is 28.4 Å². The molecule has 4 rings (SSSR count). The Labute approximate surface area is 177 Å². The first-order chi connectivity index (χ1) is 14.7. The molecule has 7 nitrogen and oxygen atoms in total. The fourth-order valence-corrected chi connectivity index (χ4v) is 3.46. The zero-order chi connectivity index (χ0) is 20.9. The Hall–Kier alpha value is -3.32. The van der Waals surface area contributed by atoms with E-state index in [9.17, 15) is 0 Å². The van der Waals surface area contributed by atoms with Crippen LogP contribution in [0.1, 0.15) is 5.56 Å². The highest BCUT2D eigenvalue weighted by Gasteiger charge is 2.17. The van der Waals surface area contributed by atoms with Crippen LogP contribution in [0.15, 0.2) is 59.8 Å². The van der Waals surface area contributed by atoms with E-state index in [-0.39, 0.29) is 0 Å². The molecule has 7 heteroatoms. The number of piperazine rings is 1. The maximum absolute atomic E-state index is 5.61. The number of rotatable bonds is 6. The lowest BCUT2D eigenvalue weighted by molar-refractivity contribution is 0.159. The number of nitrogens with zero attached hydrogens (tertiary/aromatic N) is 5. The van der Waals surface area contributed by atoms with E-state index < -0.39 is 0 Å². The Morgan fingerprint density at radius 1 is 0.967 bits per heavy atom. The maximum Gasteiger partial charge on any atom is 0.128 e. The average molecular weight is 406 g/mol. The Bertz CT molecular complexity index is 1010. The molecular formula is C23H27N5O2. The number of para-hydroxylation sites is 1. The highest BCUT2D eigenvalue weighted by Crippen LogP contribution is 2.34. The van der Waals surface area contributed by atoms with Crippen LogP contribution in [0.3, 0.4) is 0 Å². The second-order valence-corrected chi connectivity index (χ2v) is 7.28. The van der Waals surface area contributed by atoms with Crippen LogP contribution in [0.5, 0.6) is 11.5 Å². The topological polar surface area (TPSA) is 55.1 Å². The van der Waals surface area contributed by atoms with Gasteiger partial charge in [0, 0.05) is 43.5 Å². The van der Waals surface area contributed by atoms with E-state index in [0.717, 1.165) is 60.2 Å². The molecule has 156 valence electrons. The molecule has 1 fully saturated rings. The Balaban J connectivity index is 1.76. The molecule has 0 radical (unpaired) electrons. The summed E-state index contributed by atoms with van der Waals surface area (Å²) in [6, 6.07) is 15.8. The lowest BCUT2D eigenvalue weighted by Gasteiger charge is -2.30. The van der Waals surface area contributed by atoms with Crippen molar-refractivity contribution >= 4 is 6.21 Å². The summed E-state index contributed by atoms with van der Waals surface area (Å²) in [6.45, 7) is 3.85. The molecule has 0 N–H and O–H groups in total. The monoisotopic (exact) mass is 405 g/mol. The highest BCUT2D eigenvalue weighted by molar-refractivity contribution is 5.90. The number of likely N-dealkylation sites (N-methyl/N-ethyl adjacent to an activating group) is 1. The molecule has 1 aliphatic rings. The molecule has 1 aromatic heterocycles. The van der Waals surface area contributed by atoms with Gasteiger partial charge in [-0.3, -0.25) is 5.01 Å². The van der Waals surface area contributed by atoms with Crippen molar-refractivity contribution in [2.75, 3.05) is 47.4 Å². The summed E-state index contributed by atoms with van der Waals surface area (Å²) in [7, 11) is 5.46. The third kappa shape index (κ3) is 4.31. The van der Waals surface area contributed by atoms with Gasteiger partial charge in [0.1, 0.15) is 17.2 Å². The first-order valence-corrected chi connectivity index (χ1v) is 10.0. The normalized spacial score (nSPS) is 15.0. The number of aromatic nitrogens is 2. The van der Waals surface area contributed by atoms with E-state index >= 15 is 0 Å². The second-order valence-electron chi connectivity index (χ2n) is 7.28. The van der Waals surface area contributed by atoms with Gasteiger partial charge in [-0.2, -0.15) is 10.2 Å². The fourth-order valence-electron chi connectivity index (χ4n) is 3.46. The van der Waals surface area contributed by atoms with Crippen molar-refractivity contribution in [1.82, 2.24) is 19.7 Å². The van der Waals surface area contributed by atoms with Crippen molar-refractivity contribution in [2.24, 2.45) is 5.10 Å². The van der Waals surface area contributed by atoms with Crippen LogP contribution in [0, 0.1) is 0 Å². The number of hydrogen-bond donors (Lipinski definition) is 0. The number of hydrogen-bond acceptors (Lipinski definition) is 6. The minimum absolute atomic E-state index is 0.739. The molecule has 0 amide bonds. The maximum atomic E-state index is 5.61. The fraction of sp³-hybridized carbons (Fsp3) is 0.304. The first kappa shape index (κ1) is 20.0. The van der Waals surface area contributed by atoms with Crippen LogP contribution in [-0.4, -0.2) is 73.4 Å². The first-order valence-electron chi connectivity index (χ1n) is 10.0. The predicted molar refractivity (Wildman–Crippen MR) is 119 cm³/mol. The highest BCUT2D eigenvalue weighted by atomic mass is 16.5. The largest absolute Gasteiger partial charge is 0.497 e. The van der Waals surface area contributed by atoms with Gasteiger partial charge in [0.25, 0.3) is 0 Å². The molecule has 0 unspecified atom stereocenters. The van der Waals surface area contributed by atoms with Crippen molar-refractivity contribution < 1.29 is 9.47 Å². The minimum atomic E-state index is 0.739. The van der Waals surface area contributed by atoms with Crippen molar-refractivity contribution in [2.45, 2.75) is 0 Å². The van der Waals surface area contributed by atoms with Gasteiger partial charge in [-0.1, -0.05) is 18.2 Å². The van der Waals surface area contributed by atoms with Crippen molar-refractivity contribution in [3.63, 3.8) is 0 Å². The molecule has 1 aliphatic heterocycles. The van der Waals surface area contributed by atoms with E-state index in [2.05, 4.69) is 17.0 Å². The number of hydrazone groups is 1. The van der Waals surface area contributed by atoms with Crippen LogP contribution in [0.4, 0.5) is 0 Å². The van der Waals surface area contributed by atoms with Crippen LogP contribution in [0.2, 0.25) is 0 Å². The summed E-state index contributed by atoms with van der Waals surface area (Å²) in [5.41, 5.74) is 3.57. The Kier molecular flexibility index (Phi) is 5.99. The zero-order valence-corrected chi connectivity index (χ0v) is 17.7. The molecule has 2 heterocycles. The van der Waals surface area contributed by atoms with Crippen LogP contribution in [-0.2, 0) is 0 Å². The summed E-state index contributed by atoms with van der Waals surface area (Å²) >= 11 is 0. The van der Waals surface area contributed by atoms with E-state index in [1.165, 1.54) is 0 Å². The van der Waals surface area contributed by atoms with Gasteiger partial charge in [0.2, 0.25) is 0 Å². The molecule has 0 atom stereocenters. The third-order valence-electron chi connectivity index (χ3n) is 5.26. The molecule has 1 saturated heterocycles. The molecule has 0 spiro atoms. The zero-order valence-electron chi connectivity index (χ0n) is 17.7. The molecule has 0 saturated carbocycles. The number of benzene rings is 2. The second kappa shape index (κ2) is 9.00. The number of ether oxygens (including phenoxy) is 2. The van der Waals surface area contributed by atoms with Gasteiger partial charge >= 0.3 is 0 Å². The molecule has 2 aromatic carbocycles. The van der Waals surface area contributed by atoms with E-state index in [1.54, 1.807) is 14.2 Å². The molecule has 3 aromatic rings. The molecule has 0 bridgehead atoms. The van der Waals surface area contributed by atoms with Crippen LogP contribution >= 0.6 is 0 Å². The van der Waals surface area contributed by atoms with Gasteiger partial charge < -0.3 is 14.4 Å². The smallest absolute Gasteiger partial charge is 0.128 e. The molecular weight excluding hydrogens is 378 g/mol. The number of methoxy groups -OCH3 is 2. The van der Waals surface area contributed by atoms with Gasteiger partial charge in [0.05, 0.1) is 26.1 Å². The summed E-state index contributed by atoms with van der Waals surface area (Å²) in [5.74, 6) is 1.49. The van der Waals surface area contributed by atoms with Crippen LogP contribution in [0.25, 0.3) is 16.9 Å². The lowest BCUT2D eigenvalue weighted by atomic mass is 10.1. The summed E-state index contributed by atoms with van der Waals surface area (Å²) in [6.07, 6.45) is 3.90. The SMILES string of the molecule is COc1ccc(OC)c(-c2nn(-c3ccccc3)cc2/C=N\N2CCN(C)CC2)c1. The average Bonchev–Trinajstić information content (AvgIpc) is 3.23. The molecule has 30 heavy (non-hydrogen) atoms. The third-order valence-corrected chi connectivity index (χ3v) is 5.26. The van der Waals surface area contributed by atoms with Crippen molar-refractivity contribution in [3.05, 3.63) is 60.3 Å². The lowest BCUT2D eigenvalue weighted by Crippen LogP contribution is -2.41. The van der Waals surface area contributed by atoms with E-state index in [0.29, 0.717) is 0 Å². The van der Waals surface area contributed by atoms with Gasteiger partial charge in [-0.15, -0.1) is 0 Å². The molecule has 0 aliphatic carbocycles.